The molecule has 1 nitrogen and oxygen atoms in total. The van der Waals surface area contributed by atoms with Gasteiger partial charge in [-0.2, -0.15) is 13.2 Å². The van der Waals surface area contributed by atoms with E-state index in [-0.39, 0.29) is 17.1 Å². The summed E-state index contributed by atoms with van der Waals surface area (Å²) in [6, 6.07) is 2.64. The molecule has 0 saturated heterocycles. The van der Waals surface area contributed by atoms with Crippen LogP contribution in [0.1, 0.15) is 16.7 Å². The van der Waals surface area contributed by atoms with E-state index in [1.165, 1.54) is 19.1 Å². The molecule has 1 aromatic carbocycles. The highest BCUT2D eigenvalue weighted by Crippen LogP contribution is 2.37. The van der Waals surface area contributed by atoms with Crippen LogP contribution in [-0.2, 0) is 12.7 Å². The zero-order chi connectivity index (χ0) is 10.9. The van der Waals surface area contributed by atoms with Gasteiger partial charge in [0.05, 0.1) is 10.6 Å². The van der Waals surface area contributed by atoms with Crippen molar-refractivity contribution in [3.63, 3.8) is 0 Å². The van der Waals surface area contributed by atoms with Gasteiger partial charge < -0.3 is 5.73 Å². The number of benzene rings is 1. The number of nitrogens with two attached hydrogens (primary N) is 1. The molecule has 0 amide bonds. The fourth-order valence-corrected chi connectivity index (χ4v) is 1.69. The molecule has 2 N–H and O–H groups in total. The van der Waals surface area contributed by atoms with Gasteiger partial charge in [0, 0.05) is 6.54 Å². The maximum Gasteiger partial charge on any atom is 0.418 e. The minimum Gasteiger partial charge on any atom is -0.326 e. The van der Waals surface area contributed by atoms with Crippen LogP contribution in [0.4, 0.5) is 13.2 Å². The van der Waals surface area contributed by atoms with Gasteiger partial charge in [-0.1, -0.05) is 17.7 Å². The van der Waals surface area contributed by atoms with Crippen LogP contribution in [0.15, 0.2) is 12.1 Å². The molecule has 0 bridgehead atoms. The average Bonchev–Trinajstić information content (AvgIpc) is 1.99. The summed E-state index contributed by atoms with van der Waals surface area (Å²) >= 11 is 5.52. The second-order valence-corrected chi connectivity index (χ2v) is 3.38. The largest absolute Gasteiger partial charge is 0.418 e. The van der Waals surface area contributed by atoms with E-state index in [0.29, 0.717) is 5.56 Å². The van der Waals surface area contributed by atoms with Crippen molar-refractivity contribution in [3.8, 4) is 0 Å². The lowest BCUT2D eigenvalue weighted by Gasteiger charge is -2.13. The van der Waals surface area contributed by atoms with Crippen molar-refractivity contribution in [2.75, 3.05) is 0 Å². The third kappa shape index (κ3) is 2.19. The average molecular weight is 224 g/mol. The van der Waals surface area contributed by atoms with Gasteiger partial charge in [0.2, 0.25) is 0 Å². The molecule has 0 spiro atoms. The molecule has 0 unspecified atom stereocenters. The standard InChI is InChI=1S/C9H9ClF3N/c1-5-2-6(4-14)3-7(10)8(5)9(11,12)13/h2-3H,4,14H2,1H3. The Hall–Kier alpha value is -0.740. The summed E-state index contributed by atoms with van der Waals surface area (Å²) in [5, 5.41) is -0.294. The Morgan fingerprint density at radius 3 is 2.29 bits per heavy atom. The van der Waals surface area contributed by atoms with Crippen molar-refractivity contribution >= 4 is 11.6 Å². The molecule has 5 heteroatoms. The molecule has 14 heavy (non-hydrogen) atoms. The molecule has 0 aliphatic heterocycles. The summed E-state index contributed by atoms with van der Waals surface area (Å²) in [6.45, 7) is 1.55. The lowest BCUT2D eigenvalue weighted by Crippen LogP contribution is -2.09. The van der Waals surface area contributed by atoms with Gasteiger partial charge in [-0.25, -0.2) is 0 Å². The third-order valence-corrected chi connectivity index (χ3v) is 2.16. The van der Waals surface area contributed by atoms with E-state index >= 15 is 0 Å². The zero-order valence-corrected chi connectivity index (χ0v) is 8.21. The van der Waals surface area contributed by atoms with Crippen LogP contribution in [0.2, 0.25) is 5.02 Å². The summed E-state index contributed by atoms with van der Waals surface area (Å²) in [6.07, 6.45) is -4.41. The normalized spacial score (nSPS) is 11.9. The van der Waals surface area contributed by atoms with Gasteiger partial charge in [0.15, 0.2) is 0 Å². The highest BCUT2D eigenvalue weighted by molar-refractivity contribution is 6.31. The molecular formula is C9H9ClF3N. The lowest BCUT2D eigenvalue weighted by atomic mass is 10.0. The number of alkyl halides is 3. The first kappa shape index (κ1) is 11.3. The second kappa shape index (κ2) is 3.79. The van der Waals surface area contributed by atoms with Gasteiger partial charge in [-0.05, 0) is 24.1 Å². The van der Waals surface area contributed by atoms with Gasteiger partial charge in [-0.15, -0.1) is 0 Å². The van der Waals surface area contributed by atoms with Crippen LogP contribution in [-0.4, -0.2) is 0 Å². The summed E-state index contributed by atoms with van der Waals surface area (Å²) in [5.41, 5.74) is 5.23. The van der Waals surface area contributed by atoms with E-state index in [0.717, 1.165) is 0 Å². The predicted octanol–water partition coefficient (Wildman–Crippen LogP) is 3.13. The minimum atomic E-state index is -4.41. The van der Waals surface area contributed by atoms with Crippen molar-refractivity contribution in [1.82, 2.24) is 0 Å². The maximum atomic E-state index is 12.4. The third-order valence-electron chi connectivity index (χ3n) is 1.87. The van der Waals surface area contributed by atoms with E-state index in [2.05, 4.69) is 0 Å². The molecule has 0 aromatic heterocycles. The smallest absolute Gasteiger partial charge is 0.326 e. The molecule has 78 valence electrons. The first-order valence-electron chi connectivity index (χ1n) is 3.92. The molecule has 0 saturated carbocycles. The Kier molecular flexibility index (Phi) is 3.07. The summed E-state index contributed by atoms with van der Waals surface area (Å²) < 4.78 is 37.3. The van der Waals surface area contributed by atoms with Crippen molar-refractivity contribution in [2.24, 2.45) is 5.73 Å². The van der Waals surface area contributed by atoms with E-state index in [1.54, 1.807) is 0 Å². The van der Waals surface area contributed by atoms with Crippen LogP contribution in [0.25, 0.3) is 0 Å². The molecule has 0 aliphatic carbocycles. The number of hydrogen-bond acceptors (Lipinski definition) is 1. The molecule has 0 heterocycles. The Balaban J connectivity index is 3.33. The van der Waals surface area contributed by atoms with Gasteiger partial charge in [0.25, 0.3) is 0 Å². The highest BCUT2D eigenvalue weighted by atomic mass is 35.5. The SMILES string of the molecule is Cc1cc(CN)cc(Cl)c1C(F)(F)F. The van der Waals surface area contributed by atoms with Crippen molar-refractivity contribution in [3.05, 3.63) is 33.8 Å². The Morgan fingerprint density at radius 2 is 1.93 bits per heavy atom. The van der Waals surface area contributed by atoms with E-state index < -0.39 is 11.7 Å². The number of hydrogen-bond donors (Lipinski definition) is 1. The molecule has 1 aromatic rings. The highest BCUT2D eigenvalue weighted by Gasteiger charge is 2.34. The molecule has 0 atom stereocenters. The molecule has 0 radical (unpaired) electrons. The van der Waals surface area contributed by atoms with Gasteiger partial charge in [0.1, 0.15) is 0 Å². The second-order valence-electron chi connectivity index (χ2n) is 2.97. The van der Waals surface area contributed by atoms with Crippen LogP contribution in [0.5, 0.6) is 0 Å². The predicted molar refractivity (Wildman–Crippen MR) is 49.1 cm³/mol. The van der Waals surface area contributed by atoms with E-state index in [9.17, 15) is 13.2 Å². The molecular weight excluding hydrogens is 215 g/mol. The van der Waals surface area contributed by atoms with Gasteiger partial charge >= 0.3 is 6.18 Å². The van der Waals surface area contributed by atoms with E-state index in [4.69, 9.17) is 17.3 Å². The summed E-state index contributed by atoms with van der Waals surface area (Å²) in [5.74, 6) is 0. The fourth-order valence-electron chi connectivity index (χ4n) is 1.29. The fraction of sp³-hybridized carbons (Fsp3) is 0.333. The quantitative estimate of drug-likeness (QED) is 0.778. The number of halogens is 4. The number of aryl methyl sites for hydroxylation is 1. The Morgan fingerprint density at radius 1 is 1.36 bits per heavy atom. The minimum absolute atomic E-state index is 0.102. The first-order valence-corrected chi connectivity index (χ1v) is 4.30. The van der Waals surface area contributed by atoms with Crippen LogP contribution < -0.4 is 5.73 Å². The van der Waals surface area contributed by atoms with Crippen molar-refractivity contribution in [1.29, 1.82) is 0 Å². The van der Waals surface area contributed by atoms with Crippen LogP contribution in [0.3, 0.4) is 0 Å². The molecule has 0 aliphatic rings. The van der Waals surface area contributed by atoms with Crippen LogP contribution in [0, 0.1) is 6.92 Å². The monoisotopic (exact) mass is 223 g/mol. The van der Waals surface area contributed by atoms with Crippen molar-refractivity contribution in [2.45, 2.75) is 19.6 Å². The Bertz CT molecular complexity index is 323. The topological polar surface area (TPSA) is 26.0 Å². The van der Waals surface area contributed by atoms with Crippen LogP contribution >= 0.6 is 11.6 Å². The lowest BCUT2D eigenvalue weighted by molar-refractivity contribution is -0.137. The van der Waals surface area contributed by atoms with E-state index in [1.807, 2.05) is 0 Å². The van der Waals surface area contributed by atoms with Crippen molar-refractivity contribution < 1.29 is 13.2 Å². The Labute approximate surface area is 84.7 Å². The summed E-state index contributed by atoms with van der Waals surface area (Å²) in [4.78, 5) is 0. The molecule has 0 fully saturated rings. The number of rotatable bonds is 1. The first-order chi connectivity index (χ1) is 6.36. The zero-order valence-electron chi connectivity index (χ0n) is 7.45. The molecule has 1 rings (SSSR count). The van der Waals surface area contributed by atoms with Gasteiger partial charge in [-0.3, -0.25) is 0 Å². The maximum absolute atomic E-state index is 12.4. The summed E-state index contributed by atoms with van der Waals surface area (Å²) in [7, 11) is 0.